The third kappa shape index (κ3) is 28.1. The maximum atomic E-state index is 13.9. The molecular formula is C78H132O20. The number of methoxy groups -OCH3 is 3. The van der Waals surface area contributed by atoms with E-state index in [1.54, 1.807) is 54.3 Å². The number of rotatable bonds is 14. The first-order valence-electron chi connectivity index (χ1n) is 37.1. The van der Waals surface area contributed by atoms with Gasteiger partial charge in [-0.2, -0.15) is 0 Å². The Labute approximate surface area is 587 Å². The van der Waals surface area contributed by atoms with Crippen molar-refractivity contribution in [1.82, 2.24) is 0 Å². The molecule has 0 aromatic carbocycles. The van der Waals surface area contributed by atoms with Crippen molar-refractivity contribution in [3.05, 3.63) is 71.9 Å². The molecule has 564 valence electrons. The quantitative estimate of drug-likeness (QED) is 0.0577. The predicted molar refractivity (Wildman–Crippen MR) is 377 cm³/mol. The maximum Gasteiger partial charge on any atom is 0.331 e. The molecule has 98 heavy (non-hydrogen) atoms. The number of carbonyl (C=O) groups excluding carboxylic acids is 2. The fraction of sp³-hybridized carbons (Fsp3) is 0.821. The summed E-state index contributed by atoms with van der Waals surface area (Å²) < 4.78 is 55.3. The van der Waals surface area contributed by atoms with Gasteiger partial charge in [-0.05, 0) is 148 Å². The molecule has 20 nitrogen and oxygen atoms in total. The molecule has 0 aromatic heterocycles. The highest BCUT2D eigenvalue weighted by Gasteiger charge is 2.42. The minimum absolute atomic E-state index is 0.0248. The number of allylic oxidation sites excluding steroid dienone is 4. The van der Waals surface area contributed by atoms with Crippen LogP contribution >= 0.6 is 0 Å². The number of ether oxygens (including phenoxy) is 9. The Kier molecular flexibility index (Phi) is 37.6. The summed E-state index contributed by atoms with van der Waals surface area (Å²) in [7, 11) is 5.00. The number of aliphatic hydroxyl groups is 9. The number of carbonyl (C=O) groups is 2. The smallest absolute Gasteiger partial charge is 0.331 e. The van der Waals surface area contributed by atoms with Gasteiger partial charge in [0.25, 0.3) is 0 Å². The highest BCUT2D eigenvalue weighted by molar-refractivity contribution is 5.83. The van der Waals surface area contributed by atoms with Gasteiger partial charge in [0.05, 0.1) is 116 Å². The second-order valence-electron chi connectivity index (χ2n) is 30.5. The van der Waals surface area contributed by atoms with Crippen molar-refractivity contribution >= 4 is 11.9 Å². The minimum atomic E-state index is -1.19. The van der Waals surface area contributed by atoms with Crippen LogP contribution in [0.25, 0.3) is 0 Å². The van der Waals surface area contributed by atoms with E-state index in [0.717, 1.165) is 25.7 Å². The van der Waals surface area contributed by atoms with E-state index < -0.39 is 133 Å². The first-order chi connectivity index (χ1) is 46.4. The molecule has 2 saturated heterocycles. The van der Waals surface area contributed by atoms with Gasteiger partial charge in [-0.25, -0.2) is 9.59 Å². The molecule has 4 bridgehead atoms. The molecular weight excluding hydrogens is 1260 g/mol. The van der Waals surface area contributed by atoms with Gasteiger partial charge >= 0.3 is 11.9 Å². The van der Waals surface area contributed by atoms with Gasteiger partial charge in [-0.3, -0.25) is 0 Å². The Balaban J connectivity index is 1.37. The molecule has 5 heterocycles. The average Bonchev–Trinajstić information content (AvgIpc) is 0.850. The zero-order chi connectivity index (χ0) is 72.5. The van der Waals surface area contributed by atoms with E-state index >= 15 is 0 Å². The molecule has 5 rings (SSSR count). The van der Waals surface area contributed by atoms with Crippen LogP contribution in [0.2, 0.25) is 0 Å². The van der Waals surface area contributed by atoms with E-state index in [4.69, 9.17) is 42.6 Å². The highest BCUT2D eigenvalue weighted by atomic mass is 16.6. The molecule has 20 heteroatoms. The van der Waals surface area contributed by atoms with Crippen LogP contribution in [0.5, 0.6) is 0 Å². The normalized spacial score (nSPS) is 40.4. The Hall–Kier alpha value is -3.26. The van der Waals surface area contributed by atoms with Gasteiger partial charge < -0.3 is 88.6 Å². The van der Waals surface area contributed by atoms with Crippen LogP contribution in [0.3, 0.4) is 0 Å². The molecule has 3 unspecified atom stereocenters. The molecule has 5 aliphatic heterocycles. The zero-order valence-electron chi connectivity index (χ0n) is 62.0. The Morgan fingerprint density at radius 3 is 1.45 bits per heavy atom. The van der Waals surface area contributed by atoms with Crippen molar-refractivity contribution in [1.29, 1.82) is 0 Å². The first-order valence-corrected chi connectivity index (χ1v) is 37.1. The van der Waals surface area contributed by atoms with Crippen molar-refractivity contribution < 1.29 is 98.2 Å². The van der Waals surface area contributed by atoms with Crippen LogP contribution in [0.15, 0.2) is 71.9 Å². The number of hydrogen-bond acceptors (Lipinski definition) is 20. The van der Waals surface area contributed by atoms with Crippen LogP contribution < -0.4 is 0 Å². The summed E-state index contributed by atoms with van der Waals surface area (Å²) in [6.07, 6.45) is 14.2. The van der Waals surface area contributed by atoms with Crippen LogP contribution in [0, 0.1) is 53.3 Å². The molecule has 0 aliphatic carbocycles. The second kappa shape index (κ2) is 43.1. The number of cyclic esters (lactones) is 2. The molecule has 0 spiro atoms. The van der Waals surface area contributed by atoms with Crippen molar-refractivity contribution in [3.63, 3.8) is 0 Å². The van der Waals surface area contributed by atoms with E-state index in [1.165, 1.54) is 12.2 Å². The van der Waals surface area contributed by atoms with Crippen molar-refractivity contribution in [3.8, 4) is 0 Å². The standard InChI is InChI=1S/C78H132O20/c1-45-22-28-58(80)37-61-19-16-18-60(95-61)36-57(44-79)51(7)68(82)42-71(85)54(10)78(55(11)75(88)47(3)26-30-64-39-66(90-13)34-49(5)93-64)98-74(87)33-25-46(2)23-29-59(81)38-62-20-17-21-63(96-62)41-72(92-15)52(8)69(83)43-70(84)53(9)76(89)56(12)77(97-73(86)32-24-45)48(4)27-31-65-40-67(91-14)35-50(6)94-65/h16-17,19-20,22-25,32-33,47-72,75-85,88-89H,18,21,26-31,34-44H2,1-15H3/t47-,48-,49-,50-,51+,52-,53-,54-,55-,56+,57+,58-,59-,60?,61-,62-,63-,64?,65-,66+,67+,68-,69-,70+,71+,72-,75-,76-,77-,78?/m0/s1. The Bertz CT molecular complexity index is 2480. The van der Waals surface area contributed by atoms with Crippen LogP contribution in [-0.2, 0) is 52.2 Å². The van der Waals surface area contributed by atoms with Crippen molar-refractivity contribution in [2.24, 2.45) is 53.3 Å². The summed E-state index contributed by atoms with van der Waals surface area (Å²) in [5, 5.41) is 105. The summed E-state index contributed by atoms with van der Waals surface area (Å²) in [4.78, 5) is 27.7. The number of fused-ring (bicyclic) bond motifs is 4. The summed E-state index contributed by atoms with van der Waals surface area (Å²) >= 11 is 0. The lowest BCUT2D eigenvalue weighted by Gasteiger charge is -2.38. The van der Waals surface area contributed by atoms with Crippen LogP contribution in [0.4, 0.5) is 0 Å². The minimum Gasteiger partial charge on any atom is -0.459 e. The molecule has 0 radical (unpaired) electrons. The fourth-order valence-corrected chi connectivity index (χ4v) is 15.4. The third-order valence-corrected chi connectivity index (χ3v) is 22.4. The molecule has 0 saturated carbocycles. The topological polar surface area (TPSA) is 299 Å². The number of aliphatic hydroxyl groups excluding tert-OH is 9. The summed E-state index contributed by atoms with van der Waals surface area (Å²) in [6.45, 7) is 22.2. The van der Waals surface area contributed by atoms with Gasteiger partial charge in [-0.1, -0.05) is 115 Å². The Morgan fingerprint density at radius 2 is 0.959 bits per heavy atom. The third-order valence-electron chi connectivity index (χ3n) is 22.4. The highest BCUT2D eigenvalue weighted by Crippen LogP contribution is 2.37. The van der Waals surface area contributed by atoms with E-state index in [1.807, 2.05) is 98.8 Å². The van der Waals surface area contributed by atoms with Crippen molar-refractivity contribution in [2.45, 2.75) is 327 Å². The van der Waals surface area contributed by atoms with Gasteiger partial charge in [-0.15, -0.1) is 0 Å². The molecule has 5 aliphatic rings. The SMILES string of the molecule is CO[C@H]1CC(CC[C@H](C)[C@H](O)[C@H](C)C2OC(=O)C=CC(C)=CC[C@H](O)C[C@@H]3C=CC[C@@H](C[C@H](OC)[C@@H](C)[C@@H](O)C[C@@H](O)[C@H](C)[C@H](O)[C@@H](C)[C@H]([C@@H](C)CC[C@H]4C[C@H](OC)C[C@H](C)O4)OC(=O)C=CC(C)=CC[C@H](O)C[C@@H]4C=CCC(C[C@H](CO)[C@@H](C)[C@@H](O)C[C@@H](O)[C@@H]2C)O4)O3)O[C@@H](C)C1. The summed E-state index contributed by atoms with van der Waals surface area (Å²) in [5.74, 6) is -5.96. The van der Waals surface area contributed by atoms with Gasteiger partial charge in [0.15, 0.2) is 0 Å². The fourth-order valence-electron chi connectivity index (χ4n) is 15.4. The molecule has 0 aromatic rings. The number of hydrogen-bond donors (Lipinski definition) is 9. The van der Waals surface area contributed by atoms with E-state index in [9.17, 15) is 55.5 Å². The Morgan fingerprint density at radius 1 is 0.500 bits per heavy atom. The van der Waals surface area contributed by atoms with Crippen LogP contribution in [-0.4, -0.2) is 214 Å². The lowest BCUT2D eigenvalue weighted by Crippen LogP contribution is -2.45. The molecule has 0 amide bonds. The van der Waals surface area contributed by atoms with E-state index in [-0.39, 0.29) is 106 Å². The van der Waals surface area contributed by atoms with Gasteiger partial charge in [0.2, 0.25) is 0 Å². The average molecular weight is 1390 g/mol. The number of esters is 2. The largest absolute Gasteiger partial charge is 0.459 e. The summed E-state index contributed by atoms with van der Waals surface area (Å²) in [5.41, 5.74) is 1.39. The monoisotopic (exact) mass is 1390 g/mol. The zero-order valence-corrected chi connectivity index (χ0v) is 62.0. The van der Waals surface area contributed by atoms with Crippen molar-refractivity contribution in [2.75, 3.05) is 27.9 Å². The first kappa shape index (κ1) is 85.4. The molecule has 30 atom stereocenters. The summed E-state index contributed by atoms with van der Waals surface area (Å²) in [6, 6.07) is 0. The lowest BCUT2D eigenvalue weighted by atomic mass is 9.77. The van der Waals surface area contributed by atoms with Gasteiger partial charge in [0, 0.05) is 88.9 Å². The van der Waals surface area contributed by atoms with Gasteiger partial charge in [0.1, 0.15) is 12.2 Å². The van der Waals surface area contributed by atoms with Crippen LogP contribution in [0.1, 0.15) is 199 Å². The maximum absolute atomic E-state index is 13.9. The molecule has 9 N–H and O–H groups in total. The predicted octanol–water partition coefficient (Wildman–Crippen LogP) is 9.70. The second-order valence-corrected chi connectivity index (χ2v) is 30.5. The molecule has 2 fully saturated rings. The van der Waals surface area contributed by atoms with E-state index in [2.05, 4.69) is 0 Å². The van der Waals surface area contributed by atoms with E-state index in [0.29, 0.717) is 62.5 Å². The lowest BCUT2D eigenvalue weighted by molar-refractivity contribution is -0.158.